The van der Waals surface area contributed by atoms with Gasteiger partial charge in [0.15, 0.2) is 4.67 Å². The molecule has 16 heavy (non-hydrogen) atoms. The highest BCUT2D eigenvalue weighted by molar-refractivity contribution is 9.10. The maximum Gasteiger partial charge on any atom is 0.169 e. The predicted molar refractivity (Wildman–Crippen MR) is 68.6 cm³/mol. The Labute approximate surface area is 107 Å². The van der Waals surface area contributed by atoms with Crippen LogP contribution in [0.5, 0.6) is 0 Å². The van der Waals surface area contributed by atoms with Gasteiger partial charge >= 0.3 is 0 Å². The Bertz CT molecular complexity index is 427. The van der Waals surface area contributed by atoms with Crippen molar-refractivity contribution < 1.29 is 4.42 Å². The Morgan fingerprint density at radius 1 is 1.56 bits per heavy atom. The summed E-state index contributed by atoms with van der Waals surface area (Å²) in [5.74, 6) is 0.948. The minimum absolute atomic E-state index is 0.197. The summed E-state index contributed by atoms with van der Waals surface area (Å²) in [6, 6.07) is 4.11. The van der Waals surface area contributed by atoms with E-state index in [0.29, 0.717) is 0 Å². The van der Waals surface area contributed by atoms with Crippen LogP contribution in [-0.2, 0) is 6.42 Å². The highest BCUT2D eigenvalue weighted by atomic mass is 79.9. The van der Waals surface area contributed by atoms with Gasteiger partial charge in [-0.1, -0.05) is 6.92 Å². The van der Waals surface area contributed by atoms with Crippen LogP contribution in [0.15, 0.2) is 32.8 Å². The number of hydrogen-bond acceptors (Lipinski definition) is 4. The average molecular weight is 301 g/mol. The topological polar surface area (TPSA) is 38.1 Å². The Morgan fingerprint density at radius 3 is 3.00 bits per heavy atom. The normalized spacial score (nSPS) is 12.9. The number of thiazole rings is 1. The first-order chi connectivity index (χ1) is 7.79. The molecule has 86 valence electrons. The van der Waals surface area contributed by atoms with Gasteiger partial charge in [-0.3, -0.25) is 0 Å². The predicted octanol–water partition coefficient (Wildman–Crippen LogP) is 3.39. The molecule has 2 heterocycles. The first-order valence-electron chi connectivity index (χ1n) is 5.16. The second-order valence-corrected chi connectivity index (χ2v) is 5.14. The molecule has 0 amide bonds. The zero-order chi connectivity index (χ0) is 11.4. The molecular formula is C11H13BrN2OS. The number of nitrogens with one attached hydrogen (secondary N) is 1. The van der Waals surface area contributed by atoms with Crippen molar-refractivity contribution in [2.24, 2.45) is 0 Å². The summed E-state index contributed by atoms with van der Waals surface area (Å²) in [5, 5.41) is 6.52. The number of rotatable bonds is 5. The molecule has 0 aliphatic rings. The van der Waals surface area contributed by atoms with Crippen molar-refractivity contribution >= 4 is 27.3 Å². The summed E-state index contributed by atoms with van der Waals surface area (Å²) >= 11 is 5.00. The van der Waals surface area contributed by atoms with Crippen molar-refractivity contribution in [3.05, 3.63) is 39.1 Å². The molecule has 0 aromatic carbocycles. The highest BCUT2D eigenvalue weighted by Crippen LogP contribution is 2.24. The summed E-state index contributed by atoms with van der Waals surface area (Å²) in [6.45, 7) is 3.00. The summed E-state index contributed by atoms with van der Waals surface area (Å²) in [4.78, 5) is 4.30. The third-order valence-corrected chi connectivity index (χ3v) is 3.48. The average Bonchev–Trinajstić information content (AvgIpc) is 2.88. The summed E-state index contributed by atoms with van der Waals surface area (Å²) in [7, 11) is 0. The van der Waals surface area contributed by atoms with E-state index in [1.165, 1.54) is 0 Å². The third-order valence-electron chi connectivity index (χ3n) is 2.25. The molecule has 2 aromatic rings. The van der Waals surface area contributed by atoms with Crippen LogP contribution in [0, 0.1) is 0 Å². The van der Waals surface area contributed by atoms with E-state index >= 15 is 0 Å². The molecule has 1 unspecified atom stereocenters. The molecule has 0 aliphatic carbocycles. The lowest BCUT2D eigenvalue weighted by Gasteiger charge is -2.13. The Hall–Kier alpha value is -0.650. The minimum atomic E-state index is 0.197. The van der Waals surface area contributed by atoms with Crippen LogP contribution in [0.4, 0.5) is 0 Å². The van der Waals surface area contributed by atoms with Gasteiger partial charge in [0.25, 0.3) is 0 Å². The van der Waals surface area contributed by atoms with Gasteiger partial charge in [-0.2, -0.15) is 0 Å². The fourth-order valence-electron chi connectivity index (χ4n) is 1.56. The molecule has 1 atom stereocenters. The van der Waals surface area contributed by atoms with Crippen LogP contribution in [0.1, 0.15) is 23.7 Å². The summed E-state index contributed by atoms with van der Waals surface area (Å²) in [5.41, 5.74) is 0. The van der Waals surface area contributed by atoms with E-state index in [2.05, 4.69) is 33.2 Å². The van der Waals surface area contributed by atoms with Gasteiger partial charge in [0.2, 0.25) is 0 Å². The largest absolute Gasteiger partial charge is 0.453 e. The lowest BCUT2D eigenvalue weighted by molar-refractivity contribution is 0.405. The van der Waals surface area contributed by atoms with Gasteiger partial charge < -0.3 is 9.73 Å². The monoisotopic (exact) mass is 300 g/mol. The lowest BCUT2D eigenvalue weighted by Crippen LogP contribution is -2.22. The van der Waals surface area contributed by atoms with Crippen LogP contribution in [0.3, 0.4) is 0 Å². The van der Waals surface area contributed by atoms with Crippen molar-refractivity contribution in [2.75, 3.05) is 6.54 Å². The van der Waals surface area contributed by atoms with Gasteiger partial charge in [0.05, 0.1) is 11.0 Å². The number of hydrogen-bond donors (Lipinski definition) is 1. The first-order valence-corrected chi connectivity index (χ1v) is 6.84. The van der Waals surface area contributed by atoms with E-state index in [-0.39, 0.29) is 6.04 Å². The number of halogens is 1. The Kier molecular flexibility index (Phi) is 4.15. The van der Waals surface area contributed by atoms with Gasteiger partial charge in [-0.05, 0) is 34.6 Å². The highest BCUT2D eigenvalue weighted by Gasteiger charge is 2.16. The second kappa shape index (κ2) is 5.61. The molecule has 0 saturated carbocycles. The van der Waals surface area contributed by atoms with Crippen LogP contribution in [0.2, 0.25) is 0 Å². The molecule has 3 nitrogen and oxygen atoms in total. The molecular weight excluding hydrogens is 288 g/mol. The fourth-order valence-corrected chi connectivity index (χ4v) is 2.55. The number of likely N-dealkylation sites (N-methyl/N-ethyl adjacent to an activating group) is 1. The molecule has 5 heteroatoms. The molecule has 0 aliphatic heterocycles. The molecule has 2 rings (SSSR count). The van der Waals surface area contributed by atoms with Crippen molar-refractivity contribution in [3.8, 4) is 0 Å². The van der Waals surface area contributed by atoms with E-state index < -0.39 is 0 Å². The van der Waals surface area contributed by atoms with E-state index in [1.54, 1.807) is 11.3 Å². The zero-order valence-electron chi connectivity index (χ0n) is 8.94. The quantitative estimate of drug-likeness (QED) is 0.920. The summed E-state index contributed by atoms with van der Waals surface area (Å²) < 4.78 is 6.35. The molecule has 0 spiro atoms. The van der Waals surface area contributed by atoms with Gasteiger partial charge in [-0.25, -0.2) is 4.98 Å². The van der Waals surface area contributed by atoms with E-state index in [0.717, 1.165) is 28.4 Å². The molecule has 0 bridgehead atoms. The minimum Gasteiger partial charge on any atom is -0.453 e. The first kappa shape index (κ1) is 11.8. The molecule has 0 saturated heterocycles. The van der Waals surface area contributed by atoms with Crippen LogP contribution < -0.4 is 5.32 Å². The van der Waals surface area contributed by atoms with Gasteiger partial charge in [0.1, 0.15) is 5.76 Å². The van der Waals surface area contributed by atoms with Crippen molar-refractivity contribution in [1.29, 1.82) is 0 Å². The molecule has 1 N–H and O–H groups in total. The van der Waals surface area contributed by atoms with E-state index in [9.17, 15) is 0 Å². The van der Waals surface area contributed by atoms with Crippen LogP contribution in [0.25, 0.3) is 0 Å². The lowest BCUT2D eigenvalue weighted by atomic mass is 10.1. The Morgan fingerprint density at radius 2 is 2.44 bits per heavy atom. The third kappa shape index (κ3) is 2.93. The zero-order valence-corrected chi connectivity index (χ0v) is 11.3. The maximum absolute atomic E-state index is 5.58. The van der Waals surface area contributed by atoms with Crippen LogP contribution >= 0.6 is 27.3 Å². The SMILES string of the molecule is CCNC(Cc1nccs1)c1ccc(Br)o1. The van der Waals surface area contributed by atoms with E-state index in [4.69, 9.17) is 4.42 Å². The van der Waals surface area contributed by atoms with Gasteiger partial charge in [-0.15, -0.1) is 11.3 Å². The molecule has 2 aromatic heterocycles. The maximum atomic E-state index is 5.58. The number of aromatic nitrogens is 1. The van der Waals surface area contributed by atoms with E-state index in [1.807, 2.05) is 23.7 Å². The van der Waals surface area contributed by atoms with Gasteiger partial charge in [0, 0.05) is 18.0 Å². The second-order valence-electron chi connectivity index (χ2n) is 3.38. The standard InChI is InChI=1S/C11H13BrN2OS/c1-2-13-8(7-11-14-5-6-16-11)9-3-4-10(12)15-9/h3-6,8,13H,2,7H2,1H3. The van der Waals surface area contributed by atoms with Crippen molar-refractivity contribution in [1.82, 2.24) is 10.3 Å². The fraction of sp³-hybridized carbons (Fsp3) is 0.364. The smallest absolute Gasteiger partial charge is 0.169 e. The van der Waals surface area contributed by atoms with Crippen molar-refractivity contribution in [3.63, 3.8) is 0 Å². The van der Waals surface area contributed by atoms with Crippen LogP contribution in [-0.4, -0.2) is 11.5 Å². The van der Waals surface area contributed by atoms with Crippen molar-refractivity contribution in [2.45, 2.75) is 19.4 Å². The summed E-state index contributed by atoms with van der Waals surface area (Å²) in [6.07, 6.45) is 2.70. The molecule has 0 fully saturated rings. The number of nitrogens with zero attached hydrogens (tertiary/aromatic N) is 1. The Balaban J connectivity index is 2.11. The molecule has 0 radical (unpaired) electrons. The number of furan rings is 1.